The summed E-state index contributed by atoms with van der Waals surface area (Å²) in [5, 5.41) is 1.87. The number of ketones is 1. The zero-order chi connectivity index (χ0) is 26.3. The zero-order valence-corrected chi connectivity index (χ0v) is 23.2. The standard InChI is InChI=1S/C33H49N3O/c1-2-3-4-5-6-7-8-9-10-11-12-13-14-15-16-17-21-27-24-30-28(33(35)32(27)31(37)25-34)23-26-20-18-19-22-29(26)36-30/h18-20,22-24H,2-17,21,25,34-35H2,1H3. The van der Waals surface area contributed by atoms with Crippen molar-refractivity contribution in [3.05, 3.63) is 47.5 Å². The minimum atomic E-state index is -0.0842. The number of carbonyl (C=O) groups excluding carboxylic acids is 1. The molecule has 0 saturated heterocycles. The van der Waals surface area contributed by atoms with Crippen LogP contribution in [0.5, 0.6) is 0 Å². The van der Waals surface area contributed by atoms with Crippen LogP contribution in [0.1, 0.15) is 126 Å². The van der Waals surface area contributed by atoms with E-state index in [2.05, 4.69) is 13.0 Å². The van der Waals surface area contributed by atoms with Gasteiger partial charge in [-0.05, 0) is 36.6 Å². The number of nitrogen functional groups attached to an aromatic ring is 1. The van der Waals surface area contributed by atoms with Crippen LogP contribution in [0.15, 0.2) is 36.4 Å². The van der Waals surface area contributed by atoms with Gasteiger partial charge in [0.25, 0.3) is 0 Å². The number of anilines is 1. The van der Waals surface area contributed by atoms with E-state index in [4.69, 9.17) is 16.5 Å². The van der Waals surface area contributed by atoms with Crippen LogP contribution >= 0.6 is 0 Å². The summed E-state index contributed by atoms with van der Waals surface area (Å²) in [6, 6.07) is 12.1. The van der Waals surface area contributed by atoms with Crippen LogP contribution in [0.3, 0.4) is 0 Å². The van der Waals surface area contributed by atoms with Gasteiger partial charge in [-0.3, -0.25) is 4.79 Å². The van der Waals surface area contributed by atoms with E-state index in [0.717, 1.165) is 40.2 Å². The Morgan fingerprint density at radius 2 is 1.27 bits per heavy atom. The highest BCUT2D eigenvalue weighted by atomic mass is 16.1. The predicted molar refractivity (Wildman–Crippen MR) is 160 cm³/mol. The van der Waals surface area contributed by atoms with Gasteiger partial charge in [-0.25, -0.2) is 4.98 Å². The van der Waals surface area contributed by atoms with Gasteiger partial charge in [-0.2, -0.15) is 0 Å². The SMILES string of the molecule is CCCCCCCCCCCCCCCCCCc1cc2nc3ccccc3cc2c(N)c1C(=O)CN. The lowest BCUT2D eigenvalue weighted by atomic mass is 9.93. The van der Waals surface area contributed by atoms with Crippen LogP contribution in [0, 0.1) is 0 Å². The van der Waals surface area contributed by atoms with Crippen LogP contribution in [-0.4, -0.2) is 17.3 Å². The minimum absolute atomic E-state index is 0.0251. The number of Topliss-reactive ketones (excluding diaryl/α,β-unsaturated/α-hetero) is 1. The van der Waals surface area contributed by atoms with Crippen molar-refractivity contribution in [1.82, 2.24) is 4.98 Å². The summed E-state index contributed by atoms with van der Waals surface area (Å²) in [5.41, 5.74) is 16.2. The van der Waals surface area contributed by atoms with Gasteiger partial charge in [0, 0.05) is 16.3 Å². The van der Waals surface area contributed by atoms with Crippen molar-refractivity contribution in [1.29, 1.82) is 0 Å². The molecule has 4 N–H and O–H groups in total. The third-order valence-corrected chi connectivity index (χ3v) is 7.71. The van der Waals surface area contributed by atoms with E-state index in [1.165, 1.54) is 96.3 Å². The lowest BCUT2D eigenvalue weighted by Gasteiger charge is -2.14. The molecule has 4 nitrogen and oxygen atoms in total. The number of fused-ring (bicyclic) bond motifs is 2. The molecular weight excluding hydrogens is 454 g/mol. The molecule has 0 amide bonds. The molecule has 0 spiro atoms. The predicted octanol–water partition coefficient (Wildman–Crippen LogP) is 8.92. The van der Waals surface area contributed by atoms with Crippen LogP contribution in [0.4, 0.5) is 5.69 Å². The number of nitrogens with zero attached hydrogens (tertiary/aromatic N) is 1. The number of nitrogens with two attached hydrogens (primary N) is 2. The average molecular weight is 504 g/mol. The Morgan fingerprint density at radius 3 is 1.84 bits per heavy atom. The van der Waals surface area contributed by atoms with Crippen molar-refractivity contribution in [2.45, 2.75) is 116 Å². The van der Waals surface area contributed by atoms with E-state index < -0.39 is 0 Å². The number of hydrogen-bond donors (Lipinski definition) is 2. The number of aryl methyl sites for hydroxylation is 1. The van der Waals surface area contributed by atoms with Gasteiger partial charge in [0.2, 0.25) is 0 Å². The van der Waals surface area contributed by atoms with Gasteiger partial charge < -0.3 is 11.5 Å². The van der Waals surface area contributed by atoms with Crippen LogP contribution in [-0.2, 0) is 6.42 Å². The Kier molecular flexibility index (Phi) is 12.9. The van der Waals surface area contributed by atoms with E-state index in [-0.39, 0.29) is 12.3 Å². The molecule has 0 fully saturated rings. The van der Waals surface area contributed by atoms with E-state index in [0.29, 0.717) is 11.3 Å². The van der Waals surface area contributed by atoms with Crippen molar-refractivity contribution < 1.29 is 4.79 Å². The van der Waals surface area contributed by atoms with E-state index in [1.54, 1.807) is 0 Å². The minimum Gasteiger partial charge on any atom is -0.398 e. The fourth-order valence-electron chi connectivity index (χ4n) is 5.49. The summed E-state index contributed by atoms with van der Waals surface area (Å²) in [7, 11) is 0. The maximum Gasteiger partial charge on any atom is 0.178 e. The maximum atomic E-state index is 12.7. The van der Waals surface area contributed by atoms with Crippen molar-refractivity contribution in [2.24, 2.45) is 5.73 Å². The maximum absolute atomic E-state index is 12.7. The molecular formula is C33H49N3O. The second kappa shape index (κ2) is 16.4. The molecule has 1 heterocycles. The lowest BCUT2D eigenvalue weighted by Crippen LogP contribution is -2.18. The first-order chi connectivity index (χ1) is 18.2. The molecule has 0 aliphatic carbocycles. The number of aromatic nitrogens is 1. The Labute approximate surface area is 224 Å². The zero-order valence-electron chi connectivity index (χ0n) is 23.2. The van der Waals surface area contributed by atoms with Gasteiger partial charge in [0.05, 0.1) is 23.3 Å². The number of benzene rings is 2. The fourth-order valence-corrected chi connectivity index (χ4v) is 5.49. The van der Waals surface area contributed by atoms with Gasteiger partial charge in [-0.1, -0.05) is 121 Å². The summed E-state index contributed by atoms with van der Waals surface area (Å²) in [6.45, 7) is 2.26. The number of carbonyl (C=O) groups is 1. The van der Waals surface area contributed by atoms with Crippen molar-refractivity contribution in [3.8, 4) is 0 Å². The van der Waals surface area contributed by atoms with Gasteiger partial charge in [0.1, 0.15) is 0 Å². The second-order valence-corrected chi connectivity index (χ2v) is 10.8. The van der Waals surface area contributed by atoms with Crippen molar-refractivity contribution >= 4 is 33.3 Å². The Hall–Kier alpha value is -2.46. The third kappa shape index (κ3) is 9.10. The van der Waals surface area contributed by atoms with Crippen LogP contribution in [0.2, 0.25) is 0 Å². The number of hydrogen-bond acceptors (Lipinski definition) is 4. The molecule has 0 radical (unpaired) electrons. The topological polar surface area (TPSA) is 82.0 Å². The summed E-state index contributed by atoms with van der Waals surface area (Å²) in [6.07, 6.45) is 22.4. The number of rotatable bonds is 19. The van der Waals surface area contributed by atoms with Crippen molar-refractivity contribution in [3.63, 3.8) is 0 Å². The lowest BCUT2D eigenvalue weighted by molar-refractivity contribution is 0.100. The quantitative estimate of drug-likeness (QED) is 0.0740. The number of para-hydroxylation sites is 1. The highest BCUT2D eigenvalue weighted by Gasteiger charge is 2.18. The molecule has 3 aromatic rings. The Morgan fingerprint density at radius 1 is 0.730 bits per heavy atom. The Balaban J connectivity index is 1.38. The molecule has 1 aromatic heterocycles. The Bertz CT molecular complexity index is 1110. The first-order valence-corrected chi connectivity index (χ1v) is 15.0. The molecule has 0 unspecified atom stereocenters. The highest BCUT2D eigenvalue weighted by Crippen LogP contribution is 2.31. The first-order valence-electron chi connectivity index (χ1n) is 15.0. The van der Waals surface area contributed by atoms with Gasteiger partial charge in [-0.15, -0.1) is 0 Å². The molecule has 2 aromatic carbocycles. The smallest absolute Gasteiger partial charge is 0.178 e. The average Bonchev–Trinajstić information content (AvgIpc) is 2.91. The molecule has 0 bridgehead atoms. The first kappa shape index (κ1) is 29.1. The summed E-state index contributed by atoms with van der Waals surface area (Å²) < 4.78 is 0. The van der Waals surface area contributed by atoms with Crippen LogP contribution in [0.25, 0.3) is 21.8 Å². The molecule has 202 valence electrons. The monoisotopic (exact) mass is 503 g/mol. The summed E-state index contributed by atoms with van der Waals surface area (Å²) >= 11 is 0. The molecule has 4 heteroatoms. The highest BCUT2D eigenvalue weighted by molar-refractivity contribution is 6.11. The summed E-state index contributed by atoms with van der Waals surface area (Å²) in [4.78, 5) is 17.5. The van der Waals surface area contributed by atoms with E-state index >= 15 is 0 Å². The summed E-state index contributed by atoms with van der Waals surface area (Å²) in [5.74, 6) is -0.0842. The van der Waals surface area contributed by atoms with Crippen molar-refractivity contribution in [2.75, 3.05) is 12.3 Å². The number of unbranched alkanes of at least 4 members (excludes halogenated alkanes) is 15. The fraction of sp³-hybridized carbons (Fsp3) is 0.576. The van der Waals surface area contributed by atoms with E-state index in [1.807, 2.05) is 30.3 Å². The van der Waals surface area contributed by atoms with E-state index in [9.17, 15) is 4.79 Å². The molecule has 0 aliphatic heterocycles. The normalized spacial score (nSPS) is 11.5. The molecule has 0 saturated carbocycles. The molecule has 0 aliphatic rings. The third-order valence-electron chi connectivity index (χ3n) is 7.71. The molecule has 0 atom stereocenters. The molecule has 37 heavy (non-hydrogen) atoms. The molecule has 3 rings (SSSR count). The second-order valence-electron chi connectivity index (χ2n) is 10.8. The number of pyridine rings is 1. The van der Waals surface area contributed by atoms with Gasteiger partial charge >= 0.3 is 0 Å². The van der Waals surface area contributed by atoms with Gasteiger partial charge in [0.15, 0.2) is 5.78 Å². The van der Waals surface area contributed by atoms with Crippen LogP contribution < -0.4 is 11.5 Å². The largest absolute Gasteiger partial charge is 0.398 e.